The van der Waals surface area contributed by atoms with E-state index < -0.39 is 0 Å². The monoisotopic (exact) mass is 253 g/mol. The van der Waals surface area contributed by atoms with Crippen LogP contribution >= 0.6 is 11.6 Å². The number of aryl methyl sites for hydroxylation is 1. The maximum absolute atomic E-state index is 5.96. The lowest BCUT2D eigenvalue weighted by Crippen LogP contribution is -2.43. The van der Waals surface area contributed by atoms with Crippen LogP contribution in [0.4, 0.5) is 0 Å². The van der Waals surface area contributed by atoms with Gasteiger partial charge < -0.3 is 5.32 Å². The van der Waals surface area contributed by atoms with Crippen LogP contribution in [0.2, 0.25) is 0 Å². The highest BCUT2D eigenvalue weighted by Gasteiger charge is 2.18. The first-order chi connectivity index (χ1) is 8.20. The maximum Gasteiger partial charge on any atom is 0.0403 e. The minimum absolute atomic E-state index is 0.105. The third-order valence-corrected chi connectivity index (χ3v) is 3.95. The number of nitrogens with one attached hydrogen (secondary N) is 1. The van der Waals surface area contributed by atoms with Crippen molar-refractivity contribution in [1.29, 1.82) is 0 Å². The topological polar surface area (TPSA) is 12.0 Å². The fourth-order valence-electron chi connectivity index (χ4n) is 1.76. The van der Waals surface area contributed by atoms with Gasteiger partial charge in [0.05, 0.1) is 0 Å². The molecule has 1 aromatic carbocycles. The second-order valence-corrected chi connectivity index (χ2v) is 5.18. The van der Waals surface area contributed by atoms with E-state index in [2.05, 4.69) is 49.5 Å². The Bertz CT molecular complexity index is 293. The normalized spacial score (nSPS) is 14.5. The number of hydrogen-bond acceptors (Lipinski definition) is 1. The van der Waals surface area contributed by atoms with E-state index in [1.807, 2.05) is 0 Å². The van der Waals surface area contributed by atoms with Crippen molar-refractivity contribution in [3.8, 4) is 0 Å². The van der Waals surface area contributed by atoms with Gasteiger partial charge in [0.2, 0.25) is 0 Å². The molecule has 96 valence electrons. The highest BCUT2D eigenvalue weighted by Crippen LogP contribution is 2.11. The molecule has 0 saturated carbocycles. The van der Waals surface area contributed by atoms with Gasteiger partial charge in [-0.05, 0) is 44.7 Å². The van der Waals surface area contributed by atoms with Crippen molar-refractivity contribution in [1.82, 2.24) is 5.32 Å². The van der Waals surface area contributed by atoms with Gasteiger partial charge in [-0.2, -0.15) is 0 Å². The molecule has 0 aromatic heterocycles. The van der Waals surface area contributed by atoms with Gasteiger partial charge in [0, 0.05) is 11.4 Å². The van der Waals surface area contributed by atoms with Gasteiger partial charge in [0.25, 0.3) is 0 Å². The van der Waals surface area contributed by atoms with Crippen molar-refractivity contribution >= 4 is 11.6 Å². The van der Waals surface area contributed by atoms with E-state index in [4.69, 9.17) is 11.6 Å². The number of hydrogen-bond donors (Lipinski definition) is 1. The molecule has 0 bridgehead atoms. The average Bonchev–Trinajstić information content (AvgIpc) is 2.39. The van der Waals surface area contributed by atoms with Crippen molar-refractivity contribution in [2.24, 2.45) is 0 Å². The summed E-state index contributed by atoms with van der Waals surface area (Å²) in [5, 5.41) is 3.55. The van der Waals surface area contributed by atoms with E-state index >= 15 is 0 Å². The number of unbranched alkanes of at least 4 members (excludes halogenated alkanes) is 1. The van der Waals surface area contributed by atoms with Gasteiger partial charge in [0.15, 0.2) is 0 Å². The van der Waals surface area contributed by atoms with Crippen LogP contribution < -0.4 is 5.32 Å². The lowest BCUT2D eigenvalue weighted by molar-refractivity contribution is 0.377. The smallest absolute Gasteiger partial charge is 0.0403 e. The van der Waals surface area contributed by atoms with Gasteiger partial charge in [-0.3, -0.25) is 0 Å². The molecule has 0 amide bonds. The summed E-state index contributed by atoms with van der Waals surface area (Å²) in [6.07, 6.45) is 4.70. The minimum atomic E-state index is 0.105. The Hall–Kier alpha value is -0.530. The summed E-state index contributed by atoms with van der Waals surface area (Å²) in [5.74, 6) is 0.683. The summed E-state index contributed by atoms with van der Waals surface area (Å²) < 4.78 is 0. The van der Waals surface area contributed by atoms with Gasteiger partial charge in [-0.25, -0.2) is 0 Å². The summed E-state index contributed by atoms with van der Waals surface area (Å²) in [7, 11) is 0. The summed E-state index contributed by atoms with van der Waals surface area (Å²) >= 11 is 5.96. The lowest BCUT2D eigenvalue weighted by atomic mass is 10.0. The molecule has 0 heterocycles. The summed E-state index contributed by atoms with van der Waals surface area (Å²) in [6, 6.07) is 10.7. The summed E-state index contributed by atoms with van der Waals surface area (Å²) in [6.45, 7) is 5.43. The average molecular weight is 254 g/mol. The molecule has 0 fully saturated rings. The second-order valence-electron chi connectivity index (χ2n) is 4.92. The van der Waals surface area contributed by atoms with Crippen molar-refractivity contribution in [2.45, 2.75) is 45.1 Å². The second kappa shape index (κ2) is 7.73. The molecule has 2 heteroatoms. The highest BCUT2D eigenvalue weighted by molar-refractivity contribution is 6.18. The molecule has 0 saturated heterocycles. The van der Waals surface area contributed by atoms with Crippen LogP contribution in [-0.4, -0.2) is 18.0 Å². The SMILES string of the molecule is CCC(C)(CCl)NCCCCc1ccccc1. The Labute approximate surface area is 111 Å². The quantitative estimate of drug-likeness (QED) is 0.545. The summed E-state index contributed by atoms with van der Waals surface area (Å²) in [5.41, 5.74) is 1.54. The maximum atomic E-state index is 5.96. The highest BCUT2D eigenvalue weighted by atomic mass is 35.5. The first-order valence-corrected chi connectivity index (χ1v) is 7.08. The van der Waals surface area contributed by atoms with Gasteiger partial charge in [-0.15, -0.1) is 11.6 Å². The van der Waals surface area contributed by atoms with Crippen molar-refractivity contribution in [3.05, 3.63) is 35.9 Å². The van der Waals surface area contributed by atoms with Gasteiger partial charge in [-0.1, -0.05) is 37.3 Å². The van der Waals surface area contributed by atoms with Crippen molar-refractivity contribution in [2.75, 3.05) is 12.4 Å². The van der Waals surface area contributed by atoms with E-state index in [1.54, 1.807) is 0 Å². The summed E-state index contributed by atoms with van der Waals surface area (Å²) in [4.78, 5) is 0. The number of benzene rings is 1. The largest absolute Gasteiger partial charge is 0.310 e. The third kappa shape index (κ3) is 5.56. The Kier molecular flexibility index (Phi) is 6.61. The van der Waals surface area contributed by atoms with Gasteiger partial charge in [0.1, 0.15) is 0 Å². The Balaban J connectivity index is 2.13. The van der Waals surface area contributed by atoms with Crippen LogP contribution in [0.15, 0.2) is 30.3 Å². The zero-order valence-electron chi connectivity index (χ0n) is 11.0. The van der Waals surface area contributed by atoms with Crippen LogP contribution in [0.25, 0.3) is 0 Å². The first kappa shape index (κ1) is 14.5. The lowest BCUT2D eigenvalue weighted by Gasteiger charge is -2.27. The molecular formula is C15H24ClN. The predicted molar refractivity (Wildman–Crippen MR) is 76.8 cm³/mol. The molecule has 0 radical (unpaired) electrons. The molecule has 1 atom stereocenters. The number of rotatable bonds is 8. The standard InChI is InChI=1S/C15H24ClN/c1-3-15(2,13-16)17-12-8-7-11-14-9-5-4-6-10-14/h4-6,9-10,17H,3,7-8,11-13H2,1-2H3. The van der Waals surface area contributed by atoms with Crippen LogP contribution in [0.1, 0.15) is 38.7 Å². The Morgan fingerprint density at radius 3 is 2.47 bits per heavy atom. The first-order valence-electron chi connectivity index (χ1n) is 6.55. The third-order valence-electron chi connectivity index (χ3n) is 3.36. The molecule has 1 unspecified atom stereocenters. The number of alkyl halides is 1. The van der Waals surface area contributed by atoms with E-state index in [0.29, 0.717) is 5.88 Å². The molecule has 0 aliphatic carbocycles. The van der Waals surface area contributed by atoms with Gasteiger partial charge >= 0.3 is 0 Å². The van der Waals surface area contributed by atoms with Crippen LogP contribution in [0.5, 0.6) is 0 Å². The predicted octanol–water partition coefficient (Wildman–Crippen LogP) is 4.01. The molecule has 1 N–H and O–H groups in total. The van der Waals surface area contributed by atoms with Crippen LogP contribution in [0, 0.1) is 0 Å². The zero-order chi connectivity index (χ0) is 12.6. The molecular weight excluding hydrogens is 230 g/mol. The molecule has 0 aliphatic rings. The molecule has 0 aliphatic heterocycles. The zero-order valence-corrected chi connectivity index (χ0v) is 11.8. The van der Waals surface area contributed by atoms with Crippen molar-refractivity contribution in [3.63, 3.8) is 0 Å². The van der Waals surface area contributed by atoms with Crippen LogP contribution in [0.3, 0.4) is 0 Å². The fraction of sp³-hybridized carbons (Fsp3) is 0.600. The van der Waals surface area contributed by atoms with E-state index in [-0.39, 0.29) is 5.54 Å². The van der Waals surface area contributed by atoms with E-state index in [9.17, 15) is 0 Å². The fourth-order valence-corrected chi connectivity index (χ4v) is 2.04. The molecule has 0 spiro atoms. The molecule has 17 heavy (non-hydrogen) atoms. The van der Waals surface area contributed by atoms with E-state index in [1.165, 1.54) is 24.8 Å². The Morgan fingerprint density at radius 2 is 1.88 bits per heavy atom. The van der Waals surface area contributed by atoms with Crippen LogP contribution in [-0.2, 0) is 6.42 Å². The van der Waals surface area contributed by atoms with E-state index in [0.717, 1.165) is 13.0 Å². The molecule has 1 rings (SSSR count). The van der Waals surface area contributed by atoms with Crippen molar-refractivity contribution < 1.29 is 0 Å². The molecule has 1 aromatic rings. The Morgan fingerprint density at radius 1 is 1.18 bits per heavy atom. The number of halogens is 1. The minimum Gasteiger partial charge on any atom is -0.310 e. The molecule has 1 nitrogen and oxygen atoms in total.